The summed E-state index contributed by atoms with van der Waals surface area (Å²) in [6.07, 6.45) is -0.625. The number of hydrogen-bond donors (Lipinski definition) is 8. The summed E-state index contributed by atoms with van der Waals surface area (Å²) in [5.41, 5.74) is -4.84. The monoisotopic (exact) mass is 554 g/mol. The van der Waals surface area contributed by atoms with Gasteiger partial charge in [0.15, 0.2) is 0 Å². The van der Waals surface area contributed by atoms with E-state index in [1.54, 1.807) is 0 Å². The van der Waals surface area contributed by atoms with Crippen molar-refractivity contribution in [2.75, 3.05) is 0 Å². The number of hydrogen-bond acceptors (Lipinski definition) is 12. The van der Waals surface area contributed by atoms with Crippen LogP contribution in [-0.2, 0) is 0 Å². The second kappa shape index (κ2) is 10.5. The molecule has 0 atom stereocenters. The van der Waals surface area contributed by atoms with Crippen molar-refractivity contribution < 1.29 is 20.4 Å². The minimum absolute atomic E-state index is 0.0763. The molecule has 16 nitrogen and oxygen atoms in total. The van der Waals surface area contributed by atoms with Gasteiger partial charge in [-0.1, -0.05) is 0 Å². The van der Waals surface area contributed by atoms with Crippen molar-refractivity contribution in [3.63, 3.8) is 0 Å². The Labute approximate surface area is 223 Å². The zero-order valence-corrected chi connectivity index (χ0v) is 21.8. The van der Waals surface area contributed by atoms with Crippen LogP contribution in [0, 0.1) is 27.7 Å². The summed E-state index contributed by atoms with van der Waals surface area (Å²) in [6.45, 7) is 5.69. The van der Waals surface area contributed by atoms with Gasteiger partial charge < -0.3 is 40.4 Å². The molecule has 0 fully saturated rings. The third-order valence-corrected chi connectivity index (χ3v) is 6.35. The van der Waals surface area contributed by atoms with Gasteiger partial charge >= 0.3 is 0 Å². The van der Waals surface area contributed by atoms with E-state index in [0.29, 0.717) is 0 Å². The van der Waals surface area contributed by atoms with Crippen molar-refractivity contribution in [3.05, 3.63) is 87.0 Å². The number of aromatic nitrogens is 8. The maximum absolute atomic E-state index is 13.0. The fourth-order valence-electron chi connectivity index (χ4n) is 4.78. The summed E-state index contributed by atoms with van der Waals surface area (Å²) in [5, 5.41) is 42.5. The molecule has 0 bridgehead atoms. The first kappa shape index (κ1) is 27.7. The molecule has 0 aliphatic heterocycles. The van der Waals surface area contributed by atoms with E-state index < -0.39 is 79.8 Å². The van der Waals surface area contributed by atoms with Gasteiger partial charge in [0.1, 0.15) is 23.3 Å². The van der Waals surface area contributed by atoms with Gasteiger partial charge in [-0.3, -0.25) is 19.2 Å². The van der Waals surface area contributed by atoms with Crippen LogP contribution >= 0.6 is 0 Å². The van der Waals surface area contributed by atoms with Crippen LogP contribution in [0.2, 0.25) is 0 Å². The summed E-state index contributed by atoms with van der Waals surface area (Å²) in [5.74, 6) is -5.35. The van der Waals surface area contributed by atoms with Crippen LogP contribution < -0.4 is 22.2 Å². The highest BCUT2D eigenvalue weighted by molar-refractivity contribution is 5.42. The van der Waals surface area contributed by atoms with Gasteiger partial charge in [0.2, 0.25) is 23.5 Å². The molecule has 0 radical (unpaired) electrons. The number of aromatic amines is 4. The average Bonchev–Trinajstić information content (AvgIpc) is 2.79. The summed E-state index contributed by atoms with van der Waals surface area (Å²) in [6, 6.07) is 0. The SMILES string of the molecule is Cc1nc(O)c(C(CCC(c2c(O)nc(C)[nH]c2=O)c2c(O)nc(C)[nH]c2=O)c2c(O)nc(C)[nH]c2=O)c(=O)[nH]1. The Hall–Kier alpha value is -5.28. The second-order valence-electron chi connectivity index (χ2n) is 9.24. The number of aromatic hydroxyl groups is 4. The first-order valence-electron chi connectivity index (χ1n) is 12.0. The van der Waals surface area contributed by atoms with E-state index in [4.69, 9.17) is 0 Å². The number of nitrogens with zero attached hydrogens (tertiary/aromatic N) is 4. The molecule has 4 aromatic rings. The molecule has 4 rings (SSSR count). The molecule has 4 heterocycles. The zero-order valence-electron chi connectivity index (χ0n) is 21.8. The van der Waals surface area contributed by atoms with Gasteiger partial charge in [-0.15, -0.1) is 0 Å². The normalized spacial score (nSPS) is 11.4. The summed E-state index contributed by atoms with van der Waals surface area (Å²) < 4.78 is 0. The summed E-state index contributed by atoms with van der Waals surface area (Å²) in [7, 11) is 0. The lowest BCUT2D eigenvalue weighted by molar-refractivity contribution is 0.408. The second-order valence-corrected chi connectivity index (χ2v) is 9.24. The van der Waals surface area contributed by atoms with Crippen LogP contribution in [0.5, 0.6) is 23.5 Å². The topological polar surface area (TPSA) is 264 Å². The standard InChI is InChI=1S/C24H26N8O8/c1-7-25-17(33)13(18(34)26-7)11(14-19(35)27-8(2)28-20(14)36)5-6-12(15-21(37)29-9(3)30-22(15)38)16-23(39)31-10(4)32-24(16)40/h11-12H,5-6H2,1-4H3,(H2,25,26,33,34)(H2,27,28,35,36)(H2,29,30,37,38)(H2,31,32,39,40). The van der Waals surface area contributed by atoms with Gasteiger partial charge in [0.25, 0.3) is 22.2 Å². The zero-order chi connectivity index (χ0) is 29.5. The van der Waals surface area contributed by atoms with Gasteiger partial charge in [-0.05, 0) is 40.5 Å². The van der Waals surface area contributed by atoms with Crippen LogP contribution in [0.4, 0.5) is 0 Å². The van der Waals surface area contributed by atoms with E-state index in [1.165, 1.54) is 27.7 Å². The largest absolute Gasteiger partial charge is 0.493 e. The predicted molar refractivity (Wildman–Crippen MR) is 138 cm³/mol. The fourth-order valence-corrected chi connectivity index (χ4v) is 4.78. The molecule has 0 unspecified atom stereocenters. The van der Waals surface area contributed by atoms with E-state index >= 15 is 0 Å². The quantitative estimate of drug-likeness (QED) is 0.148. The van der Waals surface area contributed by atoms with Crippen molar-refractivity contribution in [3.8, 4) is 23.5 Å². The fraction of sp³-hybridized carbons (Fsp3) is 0.333. The molecule has 0 aliphatic rings. The molecule has 0 amide bonds. The first-order valence-corrected chi connectivity index (χ1v) is 12.0. The van der Waals surface area contributed by atoms with Crippen LogP contribution in [0.1, 0.15) is 70.2 Å². The van der Waals surface area contributed by atoms with Gasteiger partial charge in [0, 0.05) is 11.8 Å². The molecular formula is C24H26N8O8. The molecule has 0 aromatic carbocycles. The highest BCUT2D eigenvalue weighted by Crippen LogP contribution is 2.39. The van der Waals surface area contributed by atoms with Crippen molar-refractivity contribution in [1.29, 1.82) is 0 Å². The number of H-pyrrole nitrogens is 4. The van der Waals surface area contributed by atoms with E-state index in [2.05, 4.69) is 39.9 Å². The van der Waals surface area contributed by atoms with E-state index in [0.717, 1.165) is 0 Å². The van der Waals surface area contributed by atoms with Gasteiger partial charge in [0.05, 0.1) is 22.3 Å². The number of aryl methyl sites for hydroxylation is 4. The van der Waals surface area contributed by atoms with Crippen LogP contribution in [0.3, 0.4) is 0 Å². The first-order chi connectivity index (χ1) is 18.8. The molecule has 4 aromatic heterocycles. The molecule has 0 saturated carbocycles. The van der Waals surface area contributed by atoms with E-state index in [-0.39, 0.29) is 36.1 Å². The lowest BCUT2D eigenvalue weighted by atomic mass is 9.82. The minimum atomic E-state index is -1.38. The lowest BCUT2D eigenvalue weighted by Gasteiger charge is -2.22. The van der Waals surface area contributed by atoms with Crippen LogP contribution in [0.25, 0.3) is 0 Å². The van der Waals surface area contributed by atoms with Crippen LogP contribution in [0.15, 0.2) is 19.2 Å². The van der Waals surface area contributed by atoms with Crippen LogP contribution in [-0.4, -0.2) is 60.3 Å². The molecule has 40 heavy (non-hydrogen) atoms. The van der Waals surface area contributed by atoms with E-state index in [9.17, 15) is 39.6 Å². The number of nitrogens with one attached hydrogen (secondary N) is 4. The number of rotatable bonds is 7. The van der Waals surface area contributed by atoms with Crippen molar-refractivity contribution in [2.45, 2.75) is 52.4 Å². The molecular weight excluding hydrogens is 528 g/mol. The molecule has 8 N–H and O–H groups in total. The van der Waals surface area contributed by atoms with Gasteiger partial charge in [-0.25, -0.2) is 19.9 Å². The summed E-state index contributed by atoms with van der Waals surface area (Å²) in [4.78, 5) is 77.0. The summed E-state index contributed by atoms with van der Waals surface area (Å²) >= 11 is 0. The molecule has 0 spiro atoms. The highest BCUT2D eigenvalue weighted by atomic mass is 16.3. The Morgan fingerprint density at radius 1 is 0.475 bits per heavy atom. The Morgan fingerprint density at radius 2 is 0.675 bits per heavy atom. The molecule has 16 heteroatoms. The van der Waals surface area contributed by atoms with Crippen molar-refractivity contribution >= 4 is 0 Å². The third-order valence-electron chi connectivity index (χ3n) is 6.35. The lowest BCUT2D eigenvalue weighted by Crippen LogP contribution is -2.28. The predicted octanol–water partition coefficient (Wildman–Crippen LogP) is -0.180. The van der Waals surface area contributed by atoms with Gasteiger partial charge in [-0.2, -0.15) is 0 Å². The molecule has 210 valence electrons. The molecule has 0 saturated heterocycles. The average molecular weight is 555 g/mol. The Kier molecular flexibility index (Phi) is 7.26. The van der Waals surface area contributed by atoms with Crippen molar-refractivity contribution in [1.82, 2.24) is 39.9 Å². The minimum Gasteiger partial charge on any atom is -0.493 e. The maximum atomic E-state index is 13.0. The van der Waals surface area contributed by atoms with Crippen molar-refractivity contribution in [2.24, 2.45) is 0 Å². The maximum Gasteiger partial charge on any atom is 0.258 e. The Bertz CT molecular complexity index is 1590. The molecule has 0 aliphatic carbocycles. The third kappa shape index (κ3) is 5.18. The Morgan fingerprint density at radius 3 is 0.850 bits per heavy atom. The van der Waals surface area contributed by atoms with E-state index in [1.807, 2.05) is 0 Å². The smallest absolute Gasteiger partial charge is 0.258 e. The highest BCUT2D eigenvalue weighted by Gasteiger charge is 2.34. The Balaban J connectivity index is 1.95.